The van der Waals surface area contributed by atoms with Gasteiger partial charge in [0.15, 0.2) is 12.2 Å². The summed E-state index contributed by atoms with van der Waals surface area (Å²) < 4.78 is 13.2. The largest absolute Gasteiger partial charge is 0.328 e. The van der Waals surface area contributed by atoms with Crippen LogP contribution in [-0.2, 0) is 11.3 Å². The maximum absolute atomic E-state index is 13.3. The van der Waals surface area contributed by atoms with Gasteiger partial charge in [0.2, 0.25) is 5.96 Å². The van der Waals surface area contributed by atoms with E-state index in [-0.39, 0.29) is 18.3 Å². The minimum Gasteiger partial charge on any atom is -0.313 e. The topological polar surface area (TPSA) is 62.7 Å². The molecule has 154 valence electrons. The molecule has 0 spiro atoms. The lowest BCUT2D eigenvalue weighted by atomic mass is 10.1. The normalized spacial score (nSPS) is 23.7. The van der Waals surface area contributed by atoms with Crippen molar-refractivity contribution >= 4 is 17.9 Å². The Bertz CT molecular complexity index is 897. The summed E-state index contributed by atoms with van der Waals surface area (Å²) in [5, 5.41) is 0. The number of fused-ring (bicyclic) bond motifs is 3. The Kier molecular flexibility index (Phi) is 4.77. The molecule has 9 heteroatoms. The number of amides is 3. The van der Waals surface area contributed by atoms with Crippen molar-refractivity contribution in [1.29, 1.82) is 0 Å². The van der Waals surface area contributed by atoms with Crippen molar-refractivity contribution < 1.29 is 14.0 Å². The maximum Gasteiger partial charge on any atom is 0.328 e. The molecule has 3 aliphatic rings. The fourth-order valence-corrected chi connectivity index (χ4v) is 3.90. The number of carbonyl (C=O) groups is 2. The lowest BCUT2D eigenvalue weighted by Gasteiger charge is -2.40. The summed E-state index contributed by atoms with van der Waals surface area (Å²) in [5.74, 6) is 0.0576. The second-order valence-corrected chi connectivity index (χ2v) is 7.86. The zero-order chi connectivity index (χ0) is 20.9. The molecule has 0 saturated carbocycles. The fraction of sp³-hybridized carbons (Fsp3) is 0.450. The molecular weight excluding hydrogens is 375 g/mol. The van der Waals surface area contributed by atoms with Crippen molar-refractivity contribution in [2.75, 3.05) is 34.2 Å². The van der Waals surface area contributed by atoms with E-state index < -0.39 is 18.2 Å². The number of hydrogen-bond donors (Lipinski definition) is 0. The van der Waals surface area contributed by atoms with Gasteiger partial charge in [0, 0.05) is 32.0 Å². The summed E-state index contributed by atoms with van der Waals surface area (Å²) in [6, 6.07) is 4.83. The first-order valence-corrected chi connectivity index (χ1v) is 9.57. The Hall–Kier alpha value is -2.94. The molecule has 0 aliphatic carbocycles. The SMILES string of the molecule is CC1=CN2C(=NC3C2C(=O)N(Cc2ccc(F)cc2)C(=O)N3C)N1CCN(C)C. The van der Waals surface area contributed by atoms with Crippen molar-refractivity contribution in [1.82, 2.24) is 24.5 Å². The number of nitrogens with zero attached hydrogens (tertiary/aromatic N) is 6. The highest BCUT2D eigenvalue weighted by atomic mass is 19.1. The minimum absolute atomic E-state index is 0.0989. The summed E-state index contributed by atoms with van der Waals surface area (Å²) in [6.07, 6.45) is 1.37. The van der Waals surface area contributed by atoms with Crippen LogP contribution in [0.5, 0.6) is 0 Å². The van der Waals surface area contributed by atoms with Gasteiger partial charge in [-0.3, -0.25) is 9.69 Å². The summed E-state index contributed by atoms with van der Waals surface area (Å²) in [4.78, 5) is 39.6. The molecule has 0 bridgehead atoms. The van der Waals surface area contributed by atoms with Crippen molar-refractivity contribution in [2.45, 2.75) is 25.7 Å². The quantitative estimate of drug-likeness (QED) is 0.746. The lowest BCUT2D eigenvalue weighted by Crippen LogP contribution is -2.63. The van der Waals surface area contributed by atoms with Crippen molar-refractivity contribution in [2.24, 2.45) is 4.99 Å². The van der Waals surface area contributed by atoms with E-state index in [1.54, 1.807) is 19.2 Å². The van der Waals surface area contributed by atoms with E-state index in [2.05, 4.69) is 9.80 Å². The average molecular weight is 400 g/mol. The average Bonchev–Trinajstić information content (AvgIpc) is 3.18. The zero-order valence-corrected chi connectivity index (χ0v) is 17.0. The van der Waals surface area contributed by atoms with Crippen LogP contribution >= 0.6 is 0 Å². The predicted molar refractivity (Wildman–Crippen MR) is 106 cm³/mol. The number of rotatable bonds is 5. The summed E-state index contributed by atoms with van der Waals surface area (Å²) >= 11 is 0. The second kappa shape index (κ2) is 7.14. The Labute approximate surface area is 169 Å². The molecular formula is C20H25FN6O2. The highest BCUT2D eigenvalue weighted by Gasteiger charge is 2.54. The molecule has 8 nitrogen and oxygen atoms in total. The Morgan fingerprint density at radius 1 is 1.14 bits per heavy atom. The number of guanidine groups is 1. The van der Waals surface area contributed by atoms with E-state index >= 15 is 0 Å². The van der Waals surface area contributed by atoms with Crippen molar-refractivity contribution in [3.63, 3.8) is 0 Å². The molecule has 2 atom stereocenters. The van der Waals surface area contributed by atoms with Crippen LogP contribution in [0.1, 0.15) is 12.5 Å². The van der Waals surface area contributed by atoms with E-state index in [4.69, 9.17) is 4.99 Å². The third-order valence-corrected chi connectivity index (χ3v) is 5.53. The first-order chi connectivity index (χ1) is 13.8. The molecule has 4 rings (SSSR count). The van der Waals surface area contributed by atoms with E-state index in [9.17, 15) is 14.0 Å². The van der Waals surface area contributed by atoms with Crippen molar-refractivity contribution in [3.8, 4) is 0 Å². The van der Waals surface area contributed by atoms with Crippen LogP contribution in [0.25, 0.3) is 0 Å². The van der Waals surface area contributed by atoms with Gasteiger partial charge >= 0.3 is 6.03 Å². The number of allylic oxidation sites excluding steroid dienone is 1. The smallest absolute Gasteiger partial charge is 0.313 e. The number of likely N-dealkylation sites (N-methyl/N-ethyl adjacent to an activating group) is 2. The number of hydrogen-bond acceptors (Lipinski definition) is 6. The molecule has 1 aromatic rings. The third-order valence-electron chi connectivity index (χ3n) is 5.53. The third kappa shape index (κ3) is 3.25. The first kappa shape index (κ1) is 19.4. The van der Waals surface area contributed by atoms with Gasteiger partial charge in [0.25, 0.3) is 5.91 Å². The molecule has 3 aliphatic heterocycles. The van der Waals surface area contributed by atoms with Crippen LogP contribution in [0, 0.1) is 5.82 Å². The van der Waals surface area contributed by atoms with Gasteiger partial charge in [-0.2, -0.15) is 0 Å². The van der Waals surface area contributed by atoms with E-state index in [1.165, 1.54) is 21.9 Å². The number of imide groups is 1. The van der Waals surface area contributed by atoms with E-state index in [0.717, 1.165) is 18.8 Å². The van der Waals surface area contributed by atoms with Crippen LogP contribution in [0.15, 0.2) is 41.2 Å². The van der Waals surface area contributed by atoms with Gasteiger partial charge in [-0.1, -0.05) is 12.1 Å². The first-order valence-electron chi connectivity index (χ1n) is 9.57. The molecule has 29 heavy (non-hydrogen) atoms. The number of urea groups is 1. The van der Waals surface area contributed by atoms with Gasteiger partial charge in [0.1, 0.15) is 5.82 Å². The van der Waals surface area contributed by atoms with Crippen LogP contribution < -0.4 is 0 Å². The van der Waals surface area contributed by atoms with E-state index in [1.807, 2.05) is 32.1 Å². The molecule has 3 amide bonds. The zero-order valence-electron chi connectivity index (χ0n) is 17.0. The van der Waals surface area contributed by atoms with Crippen LogP contribution in [0.2, 0.25) is 0 Å². The summed E-state index contributed by atoms with van der Waals surface area (Å²) in [7, 11) is 5.68. The van der Waals surface area contributed by atoms with Crippen LogP contribution in [0.4, 0.5) is 9.18 Å². The van der Waals surface area contributed by atoms with Gasteiger partial charge in [-0.05, 0) is 38.7 Å². The fourth-order valence-electron chi connectivity index (χ4n) is 3.90. The number of aliphatic imine (C=N–C) groups is 1. The molecule has 1 saturated heterocycles. The highest BCUT2D eigenvalue weighted by molar-refractivity contribution is 6.04. The predicted octanol–water partition coefficient (Wildman–Crippen LogP) is 1.32. The van der Waals surface area contributed by atoms with E-state index in [0.29, 0.717) is 11.5 Å². The van der Waals surface area contributed by atoms with Crippen LogP contribution in [-0.4, -0.2) is 88.8 Å². The number of carbonyl (C=O) groups excluding carboxylic acids is 2. The standard InChI is InChI=1S/C20H25FN6O2/c1-13-11-26-16-17(22-19(26)25(13)10-9-23(2)3)24(4)20(29)27(18(16)28)12-14-5-7-15(21)8-6-14/h5-8,11,16-17H,9-10,12H2,1-4H3. The molecule has 0 N–H and O–H groups in total. The molecule has 0 aromatic heterocycles. The number of benzene rings is 1. The van der Waals surface area contributed by atoms with Gasteiger partial charge in [0.05, 0.1) is 6.54 Å². The van der Waals surface area contributed by atoms with Gasteiger partial charge in [-0.15, -0.1) is 0 Å². The minimum atomic E-state index is -0.590. The molecule has 3 heterocycles. The monoisotopic (exact) mass is 400 g/mol. The lowest BCUT2D eigenvalue weighted by molar-refractivity contribution is -0.137. The second-order valence-electron chi connectivity index (χ2n) is 7.86. The molecule has 2 unspecified atom stereocenters. The summed E-state index contributed by atoms with van der Waals surface area (Å²) in [5.41, 5.74) is 1.71. The highest BCUT2D eigenvalue weighted by Crippen LogP contribution is 2.34. The van der Waals surface area contributed by atoms with Gasteiger partial charge in [-0.25, -0.2) is 14.2 Å². The summed E-state index contributed by atoms with van der Waals surface area (Å²) in [6.45, 7) is 3.67. The molecule has 1 aromatic carbocycles. The Morgan fingerprint density at radius 3 is 2.48 bits per heavy atom. The Balaban J connectivity index is 1.59. The maximum atomic E-state index is 13.3. The number of halogens is 1. The molecule has 0 radical (unpaired) electrons. The van der Waals surface area contributed by atoms with Crippen LogP contribution in [0.3, 0.4) is 0 Å². The van der Waals surface area contributed by atoms with Crippen molar-refractivity contribution in [3.05, 3.63) is 47.5 Å². The van der Waals surface area contributed by atoms with Gasteiger partial charge < -0.3 is 19.6 Å². The molecule has 1 fully saturated rings. The Morgan fingerprint density at radius 2 is 1.83 bits per heavy atom.